The van der Waals surface area contributed by atoms with Crippen LogP contribution in [0.4, 0.5) is 14.9 Å². The molecule has 1 aliphatic heterocycles. The summed E-state index contributed by atoms with van der Waals surface area (Å²) in [5.41, 5.74) is 1.01. The topological polar surface area (TPSA) is 67.9 Å². The van der Waals surface area contributed by atoms with Crippen LogP contribution >= 0.6 is 0 Å². The molecule has 2 amide bonds. The highest BCUT2D eigenvalue weighted by Crippen LogP contribution is 2.25. The van der Waals surface area contributed by atoms with E-state index in [-0.39, 0.29) is 24.2 Å². The molecular weight excluding hydrogens is 375 g/mol. The molecule has 1 saturated heterocycles. The van der Waals surface area contributed by atoms with Gasteiger partial charge in [0.15, 0.2) is 0 Å². The Morgan fingerprint density at radius 2 is 1.79 bits per heavy atom. The summed E-state index contributed by atoms with van der Waals surface area (Å²) in [5, 5.41) is 2.74. The number of alkyl carbamates (subject to hydrolysis) is 1. The monoisotopic (exact) mass is 400 g/mol. The molecule has 0 unspecified atom stereocenters. The fourth-order valence-corrected chi connectivity index (χ4v) is 3.00. The van der Waals surface area contributed by atoms with E-state index in [4.69, 9.17) is 9.47 Å². The first kappa shape index (κ1) is 20.6. The van der Waals surface area contributed by atoms with Gasteiger partial charge in [0, 0.05) is 18.7 Å². The molecule has 2 aromatic carbocycles. The highest BCUT2D eigenvalue weighted by atomic mass is 19.1. The summed E-state index contributed by atoms with van der Waals surface area (Å²) in [6, 6.07) is 13.0. The number of rotatable bonds is 5. The molecule has 29 heavy (non-hydrogen) atoms. The van der Waals surface area contributed by atoms with Crippen molar-refractivity contribution in [2.45, 2.75) is 45.4 Å². The standard InChI is InChI=1S/C22H25FN2O4/c1-22(2,3)29-21(27)24-17-12-20(26)25(13-17)18-8-10-19(11-9-18)28-14-15-4-6-16(23)7-5-15/h4-11,17H,12-14H2,1-3H3,(H,24,27)/t17-/m1/s1. The van der Waals surface area contributed by atoms with E-state index < -0.39 is 11.7 Å². The first-order valence-electron chi connectivity index (χ1n) is 9.47. The molecule has 1 atom stereocenters. The van der Waals surface area contributed by atoms with Crippen LogP contribution in [0, 0.1) is 5.82 Å². The fraction of sp³-hybridized carbons (Fsp3) is 0.364. The van der Waals surface area contributed by atoms with E-state index in [1.165, 1.54) is 12.1 Å². The number of benzene rings is 2. The van der Waals surface area contributed by atoms with Gasteiger partial charge in [-0.05, 0) is 62.7 Å². The maximum atomic E-state index is 12.9. The Morgan fingerprint density at radius 1 is 1.14 bits per heavy atom. The Balaban J connectivity index is 1.54. The second kappa shape index (κ2) is 8.51. The van der Waals surface area contributed by atoms with E-state index in [2.05, 4.69) is 5.32 Å². The Morgan fingerprint density at radius 3 is 2.41 bits per heavy atom. The summed E-state index contributed by atoms with van der Waals surface area (Å²) in [4.78, 5) is 25.9. The number of amides is 2. The molecule has 0 aliphatic carbocycles. The molecule has 2 aromatic rings. The van der Waals surface area contributed by atoms with Crippen LogP contribution in [0.5, 0.6) is 5.75 Å². The van der Waals surface area contributed by atoms with Gasteiger partial charge in [0.1, 0.15) is 23.8 Å². The van der Waals surface area contributed by atoms with Crippen molar-refractivity contribution in [3.8, 4) is 5.75 Å². The third kappa shape index (κ3) is 5.94. The quantitative estimate of drug-likeness (QED) is 0.823. The first-order chi connectivity index (χ1) is 13.7. The minimum Gasteiger partial charge on any atom is -0.489 e. The van der Waals surface area contributed by atoms with E-state index in [0.717, 1.165) is 11.3 Å². The van der Waals surface area contributed by atoms with Gasteiger partial charge in [0.2, 0.25) is 5.91 Å². The van der Waals surface area contributed by atoms with E-state index in [1.807, 2.05) is 0 Å². The van der Waals surface area contributed by atoms with Crippen LogP contribution in [0.2, 0.25) is 0 Å². The van der Waals surface area contributed by atoms with Crippen LogP contribution in [-0.4, -0.2) is 30.2 Å². The number of hydrogen-bond donors (Lipinski definition) is 1. The summed E-state index contributed by atoms with van der Waals surface area (Å²) in [7, 11) is 0. The molecular formula is C22H25FN2O4. The van der Waals surface area contributed by atoms with Gasteiger partial charge in [0.25, 0.3) is 0 Å². The van der Waals surface area contributed by atoms with Crippen molar-refractivity contribution >= 4 is 17.7 Å². The average molecular weight is 400 g/mol. The molecule has 0 bridgehead atoms. The van der Waals surface area contributed by atoms with E-state index in [9.17, 15) is 14.0 Å². The van der Waals surface area contributed by atoms with Gasteiger partial charge in [-0.2, -0.15) is 0 Å². The molecule has 0 radical (unpaired) electrons. The summed E-state index contributed by atoms with van der Waals surface area (Å²) >= 11 is 0. The molecule has 0 saturated carbocycles. The lowest BCUT2D eigenvalue weighted by Gasteiger charge is -2.22. The predicted octanol–water partition coefficient (Wildman–Crippen LogP) is 4.03. The summed E-state index contributed by atoms with van der Waals surface area (Å²) in [5.74, 6) is 0.298. The number of nitrogens with one attached hydrogen (secondary N) is 1. The third-order valence-corrected chi connectivity index (χ3v) is 4.31. The van der Waals surface area contributed by atoms with Gasteiger partial charge in [0.05, 0.1) is 6.04 Å². The molecule has 1 N–H and O–H groups in total. The first-order valence-corrected chi connectivity index (χ1v) is 9.47. The molecule has 3 rings (SSSR count). The number of nitrogens with zero attached hydrogens (tertiary/aromatic N) is 1. The largest absolute Gasteiger partial charge is 0.489 e. The van der Waals surface area contributed by atoms with Gasteiger partial charge in [-0.3, -0.25) is 4.79 Å². The Hall–Kier alpha value is -3.09. The summed E-state index contributed by atoms with van der Waals surface area (Å²) < 4.78 is 23.9. The molecule has 154 valence electrons. The van der Waals surface area contributed by atoms with Gasteiger partial charge in [-0.15, -0.1) is 0 Å². The summed E-state index contributed by atoms with van der Waals surface area (Å²) in [6.45, 7) is 6.08. The number of carbonyl (C=O) groups excluding carboxylic acids is 2. The van der Waals surface area contributed by atoms with Gasteiger partial charge < -0.3 is 19.7 Å². The van der Waals surface area contributed by atoms with E-state index in [1.54, 1.807) is 62.1 Å². The van der Waals surface area contributed by atoms with Crippen molar-refractivity contribution in [3.05, 3.63) is 59.9 Å². The van der Waals surface area contributed by atoms with E-state index in [0.29, 0.717) is 18.9 Å². The second-order valence-corrected chi connectivity index (χ2v) is 7.96. The maximum Gasteiger partial charge on any atom is 0.407 e. The lowest BCUT2D eigenvalue weighted by Crippen LogP contribution is -2.40. The van der Waals surface area contributed by atoms with Gasteiger partial charge in [-0.1, -0.05) is 12.1 Å². The van der Waals surface area contributed by atoms with Crippen molar-refractivity contribution < 1.29 is 23.5 Å². The number of ether oxygens (including phenoxy) is 2. The van der Waals surface area contributed by atoms with Crippen molar-refractivity contribution in [1.82, 2.24) is 5.32 Å². The molecule has 7 heteroatoms. The Labute approximate surface area is 169 Å². The SMILES string of the molecule is CC(C)(C)OC(=O)N[C@@H]1CC(=O)N(c2ccc(OCc3ccc(F)cc3)cc2)C1. The average Bonchev–Trinajstić information content (AvgIpc) is 3.00. The van der Waals surface area contributed by atoms with Crippen LogP contribution in [0.3, 0.4) is 0 Å². The zero-order valence-corrected chi connectivity index (χ0v) is 16.8. The van der Waals surface area contributed by atoms with Crippen molar-refractivity contribution in [2.75, 3.05) is 11.4 Å². The minimum absolute atomic E-state index is 0.0639. The van der Waals surface area contributed by atoms with Crippen LogP contribution in [0.1, 0.15) is 32.8 Å². The molecule has 0 spiro atoms. The fourth-order valence-electron chi connectivity index (χ4n) is 3.00. The molecule has 1 fully saturated rings. The highest BCUT2D eigenvalue weighted by Gasteiger charge is 2.32. The third-order valence-electron chi connectivity index (χ3n) is 4.31. The number of hydrogen-bond acceptors (Lipinski definition) is 4. The smallest absolute Gasteiger partial charge is 0.407 e. The lowest BCUT2D eigenvalue weighted by molar-refractivity contribution is -0.117. The van der Waals surface area contributed by atoms with Crippen LogP contribution in [0.25, 0.3) is 0 Å². The summed E-state index contributed by atoms with van der Waals surface area (Å²) in [6.07, 6.45) is -0.302. The van der Waals surface area contributed by atoms with Crippen molar-refractivity contribution in [2.24, 2.45) is 0 Å². The van der Waals surface area contributed by atoms with Crippen molar-refractivity contribution in [1.29, 1.82) is 0 Å². The normalized spacial score (nSPS) is 16.6. The maximum absolute atomic E-state index is 12.9. The molecule has 6 nitrogen and oxygen atoms in total. The minimum atomic E-state index is -0.587. The molecule has 0 aromatic heterocycles. The van der Waals surface area contributed by atoms with Crippen LogP contribution in [0.15, 0.2) is 48.5 Å². The highest BCUT2D eigenvalue weighted by molar-refractivity contribution is 5.96. The zero-order chi connectivity index (χ0) is 21.0. The Kier molecular flexibility index (Phi) is 6.06. The van der Waals surface area contributed by atoms with Gasteiger partial charge in [-0.25, -0.2) is 9.18 Å². The number of anilines is 1. The predicted molar refractivity (Wildman–Crippen MR) is 107 cm³/mol. The van der Waals surface area contributed by atoms with E-state index >= 15 is 0 Å². The number of halogens is 1. The van der Waals surface area contributed by atoms with Crippen LogP contribution in [-0.2, 0) is 16.1 Å². The lowest BCUT2D eigenvalue weighted by atomic mass is 10.2. The zero-order valence-electron chi connectivity index (χ0n) is 16.8. The molecule has 1 heterocycles. The number of carbonyl (C=O) groups is 2. The van der Waals surface area contributed by atoms with Crippen molar-refractivity contribution in [3.63, 3.8) is 0 Å². The van der Waals surface area contributed by atoms with Crippen LogP contribution < -0.4 is 15.0 Å². The second-order valence-electron chi connectivity index (χ2n) is 7.96. The van der Waals surface area contributed by atoms with Gasteiger partial charge >= 0.3 is 6.09 Å². The Bertz CT molecular complexity index is 860. The molecule has 1 aliphatic rings.